The number of rotatable bonds is 5. The van der Waals surface area contributed by atoms with Gasteiger partial charge in [-0.1, -0.05) is 12.0 Å². The van der Waals surface area contributed by atoms with Gasteiger partial charge in [0.2, 0.25) is 0 Å². The molecule has 4 atom stereocenters. The monoisotopic (exact) mass is 389 g/mol. The van der Waals surface area contributed by atoms with Crippen molar-refractivity contribution in [3.63, 3.8) is 0 Å². The average molecular weight is 390 g/mol. The minimum Gasteiger partial charge on any atom is -0.477 e. The number of carboxylic acids is 1. The van der Waals surface area contributed by atoms with Gasteiger partial charge < -0.3 is 10.2 Å². The molecular weight excluding hydrogens is 370 g/mol. The molecule has 0 bridgehead atoms. The van der Waals surface area contributed by atoms with Crippen molar-refractivity contribution in [1.29, 1.82) is 0 Å². The van der Waals surface area contributed by atoms with Gasteiger partial charge in [-0.15, -0.1) is 22.9 Å². The zero-order valence-electron chi connectivity index (χ0n) is 14.1. The third-order valence-electron chi connectivity index (χ3n) is 4.67. The predicted molar refractivity (Wildman–Crippen MR) is 103 cm³/mol. The van der Waals surface area contributed by atoms with E-state index in [9.17, 15) is 9.90 Å². The molecule has 1 aliphatic carbocycles. The molecule has 4 nitrogen and oxygen atoms in total. The number of alkyl halides is 1. The first-order chi connectivity index (χ1) is 12.5. The maximum Gasteiger partial charge on any atom is 0.345 e. The molecule has 2 aromatic rings. The molecule has 1 aliphatic rings. The van der Waals surface area contributed by atoms with Crippen LogP contribution >= 0.6 is 22.9 Å². The lowest BCUT2D eigenvalue weighted by atomic mass is 9.90. The third kappa shape index (κ3) is 4.64. The Hall–Kier alpha value is -1.87. The normalized spacial score (nSPS) is 24.8. The molecule has 1 saturated carbocycles. The molecule has 3 rings (SSSR count). The third-order valence-corrected chi connectivity index (χ3v) is 6.31. The lowest BCUT2D eigenvalue weighted by Crippen LogP contribution is -2.19. The van der Waals surface area contributed by atoms with Gasteiger partial charge in [0.25, 0.3) is 0 Å². The second-order valence-corrected chi connectivity index (χ2v) is 8.19. The van der Waals surface area contributed by atoms with Gasteiger partial charge in [-0.3, -0.25) is 0 Å². The van der Waals surface area contributed by atoms with Gasteiger partial charge in [0, 0.05) is 16.5 Å². The molecular formula is C20H20ClNO3S. The van der Waals surface area contributed by atoms with Gasteiger partial charge in [-0.25, -0.2) is 9.78 Å². The molecule has 1 fully saturated rings. The maximum absolute atomic E-state index is 11.0. The van der Waals surface area contributed by atoms with Gasteiger partial charge in [-0.05, 0) is 61.8 Å². The van der Waals surface area contributed by atoms with Crippen molar-refractivity contribution in [1.82, 2.24) is 4.98 Å². The van der Waals surface area contributed by atoms with Gasteiger partial charge in [0.15, 0.2) is 0 Å². The quantitative estimate of drug-likeness (QED) is 0.602. The summed E-state index contributed by atoms with van der Waals surface area (Å²) in [5.41, 5.74) is 0.691. The second kappa shape index (κ2) is 8.68. The Morgan fingerprint density at radius 2 is 2.19 bits per heavy atom. The number of aromatic carboxylic acids is 1. The zero-order valence-corrected chi connectivity index (χ0v) is 15.7. The Labute approximate surface area is 161 Å². The Kier molecular flexibility index (Phi) is 6.31. The number of aliphatic hydroxyl groups excluding tert-OH is 1. The summed E-state index contributed by atoms with van der Waals surface area (Å²) in [7, 11) is 0. The number of pyridine rings is 1. The van der Waals surface area contributed by atoms with Crippen molar-refractivity contribution >= 4 is 28.9 Å². The molecule has 0 unspecified atom stereocenters. The second-order valence-electron chi connectivity index (χ2n) is 6.46. The van der Waals surface area contributed by atoms with Crippen LogP contribution in [0.3, 0.4) is 0 Å². The summed E-state index contributed by atoms with van der Waals surface area (Å²) in [5.74, 6) is 5.31. The van der Waals surface area contributed by atoms with E-state index >= 15 is 0 Å². The van der Waals surface area contributed by atoms with Crippen molar-refractivity contribution in [2.24, 2.45) is 11.8 Å². The van der Waals surface area contributed by atoms with Crippen molar-refractivity contribution in [2.75, 3.05) is 0 Å². The van der Waals surface area contributed by atoms with E-state index in [2.05, 4.69) is 16.8 Å². The van der Waals surface area contributed by atoms with Gasteiger partial charge in [-0.2, -0.15) is 0 Å². The molecule has 136 valence electrons. The van der Waals surface area contributed by atoms with E-state index in [4.69, 9.17) is 16.7 Å². The first-order valence-electron chi connectivity index (χ1n) is 8.61. The highest BCUT2D eigenvalue weighted by molar-refractivity contribution is 7.13. The number of nitrogens with zero attached hydrogens (tertiary/aromatic N) is 1. The summed E-state index contributed by atoms with van der Waals surface area (Å²) in [4.78, 5) is 16.6. The Morgan fingerprint density at radius 1 is 1.35 bits per heavy atom. The number of aliphatic hydroxyl groups is 1. The average Bonchev–Trinajstić information content (AvgIpc) is 3.19. The van der Waals surface area contributed by atoms with Crippen molar-refractivity contribution in [2.45, 2.75) is 37.2 Å². The van der Waals surface area contributed by atoms with Crippen LogP contribution in [-0.4, -0.2) is 32.6 Å². The van der Waals surface area contributed by atoms with E-state index in [1.807, 2.05) is 24.3 Å². The summed E-state index contributed by atoms with van der Waals surface area (Å²) in [6, 6.07) is 9.09. The van der Waals surface area contributed by atoms with Crippen LogP contribution < -0.4 is 0 Å². The van der Waals surface area contributed by atoms with Gasteiger partial charge in [0.1, 0.15) is 10.6 Å². The number of aromatic nitrogens is 1. The van der Waals surface area contributed by atoms with Crippen molar-refractivity contribution < 1.29 is 15.0 Å². The van der Waals surface area contributed by atoms with Crippen LogP contribution in [0.1, 0.15) is 39.5 Å². The minimum absolute atomic E-state index is 0.0917. The van der Waals surface area contributed by atoms with Crippen LogP contribution in [-0.2, 0) is 6.42 Å². The fraction of sp³-hybridized carbons (Fsp3) is 0.400. The summed E-state index contributed by atoms with van der Waals surface area (Å²) in [6.07, 6.45) is 4.29. The SMILES string of the molecule is O=C(O)c1ccc(CCC[C@@H]2[C@@H](C#Cc3ccccn3)[C@H](O)C[C@@H]2Cl)s1. The fourth-order valence-electron chi connectivity index (χ4n) is 3.36. The first-order valence-corrected chi connectivity index (χ1v) is 9.86. The Bertz CT molecular complexity index is 811. The van der Waals surface area contributed by atoms with E-state index in [0.717, 1.165) is 24.1 Å². The van der Waals surface area contributed by atoms with Gasteiger partial charge >= 0.3 is 5.97 Å². The molecule has 2 N–H and O–H groups in total. The summed E-state index contributed by atoms with van der Waals surface area (Å²) in [6.45, 7) is 0. The molecule has 26 heavy (non-hydrogen) atoms. The molecule has 0 aliphatic heterocycles. The van der Waals surface area contributed by atoms with E-state index in [0.29, 0.717) is 17.0 Å². The maximum atomic E-state index is 11.0. The molecule has 0 saturated heterocycles. The smallest absolute Gasteiger partial charge is 0.345 e. The molecule has 2 heterocycles. The highest BCUT2D eigenvalue weighted by Crippen LogP contribution is 2.39. The first kappa shape index (κ1) is 18.9. The Morgan fingerprint density at radius 3 is 2.88 bits per heavy atom. The highest BCUT2D eigenvalue weighted by atomic mass is 35.5. The van der Waals surface area contributed by atoms with Crippen LogP contribution in [0, 0.1) is 23.7 Å². The van der Waals surface area contributed by atoms with Gasteiger partial charge in [0.05, 0.1) is 12.0 Å². The van der Waals surface area contributed by atoms with Crippen LogP contribution in [0.15, 0.2) is 36.5 Å². The predicted octanol–water partition coefficient (Wildman–Crippen LogP) is 3.82. The van der Waals surface area contributed by atoms with E-state index in [1.165, 1.54) is 11.3 Å². The van der Waals surface area contributed by atoms with Crippen molar-refractivity contribution in [3.8, 4) is 11.8 Å². The van der Waals surface area contributed by atoms with E-state index in [-0.39, 0.29) is 17.2 Å². The summed E-state index contributed by atoms with van der Waals surface area (Å²) < 4.78 is 0. The standard InChI is InChI=1S/C20H20ClNO3S/c21-17-12-18(23)16(9-7-13-4-1-2-11-22-13)15(17)6-3-5-14-8-10-19(26-14)20(24)25/h1-2,4,8,10-11,15-18,23H,3,5-6,12H2,(H,24,25)/t15-,16-,17+,18-/m1/s1. The summed E-state index contributed by atoms with van der Waals surface area (Å²) in [5, 5.41) is 19.2. The topological polar surface area (TPSA) is 70.4 Å². The molecule has 0 radical (unpaired) electrons. The largest absolute Gasteiger partial charge is 0.477 e. The zero-order chi connectivity index (χ0) is 18.5. The lowest BCUT2D eigenvalue weighted by Gasteiger charge is -2.18. The van der Waals surface area contributed by atoms with Crippen LogP contribution in [0.4, 0.5) is 0 Å². The minimum atomic E-state index is -0.883. The highest BCUT2D eigenvalue weighted by Gasteiger charge is 2.40. The number of carbonyl (C=O) groups is 1. The number of thiophene rings is 1. The van der Waals surface area contributed by atoms with Crippen LogP contribution in [0.25, 0.3) is 0 Å². The molecule has 0 amide bonds. The lowest BCUT2D eigenvalue weighted by molar-refractivity contribution is 0.0702. The number of hydrogen-bond donors (Lipinski definition) is 2. The number of carboxylic acid groups (broad SMARTS) is 1. The molecule has 2 aromatic heterocycles. The van der Waals surface area contributed by atoms with E-state index < -0.39 is 12.1 Å². The van der Waals surface area contributed by atoms with Crippen LogP contribution in [0.2, 0.25) is 0 Å². The number of hydrogen-bond acceptors (Lipinski definition) is 4. The fourth-order valence-corrected chi connectivity index (χ4v) is 4.71. The molecule has 0 spiro atoms. The number of aryl methyl sites for hydroxylation is 1. The van der Waals surface area contributed by atoms with E-state index in [1.54, 1.807) is 12.3 Å². The summed E-state index contributed by atoms with van der Waals surface area (Å²) >= 11 is 7.77. The van der Waals surface area contributed by atoms with Crippen molar-refractivity contribution in [3.05, 3.63) is 52.0 Å². The Balaban J connectivity index is 1.61. The van der Waals surface area contributed by atoms with Crippen LogP contribution in [0.5, 0.6) is 0 Å². The molecule has 6 heteroatoms. The molecule has 0 aromatic carbocycles. The number of halogens is 1.